The minimum absolute atomic E-state index is 0.0150. The van der Waals surface area contributed by atoms with Gasteiger partial charge in [0.05, 0.1) is 10.8 Å². The Morgan fingerprint density at radius 2 is 1.92 bits per heavy atom. The highest BCUT2D eigenvalue weighted by Gasteiger charge is 2.42. The van der Waals surface area contributed by atoms with E-state index >= 15 is 0 Å². The lowest BCUT2D eigenvalue weighted by molar-refractivity contribution is -0.184. The van der Waals surface area contributed by atoms with E-state index in [4.69, 9.17) is 0 Å². The lowest BCUT2D eigenvalue weighted by Crippen LogP contribution is -2.44. The standard InChI is InChI=1S/C17H23F3N2O3S/c1-3-12(2)21-26(24,25)15-8-6-13(7-9-15)16(23)22-10-4-5-14(11-22)17(18,19)20/h6-9,12,14,21H,3-5,10-11H2,1-2H3/t12-,14+/m0/s1. The van der Waals surface area contributed by atoms with Crippen LogP contribution in [0.5, 0.6) is 0 Å². The summed E-state index contributed by atoms with van der Waals surface area (Å²) < 4.78 is 65.6. The molecule has 1 fully saturated rings. The molecule has 1 heterocycles. The predicted octanol–water partition coefficient (Wildman–Crippen LogP) is 3.18. The normalized spacial score (nSPS) is 20.0. The summed E-state index contributed by atoms with van der Waals surface area (Å²) >= 11 is 0. The number of halogens is 3. The van der Waals surface area contributed by atoms with Crippen LogP contribution in [0.3, 0.4) is 0 Å². The largest absolute Gasteiger partial charge is 0.393 e. The van der Waals surface area contributed by atoms with Gasteiger partial charge < -0.3 is 4.90 Å². The lowest BCUT2D eigenvalue weighted by Gasteiger charge is -2.33. The average Bonchev–Trinajstić information content (AvgIpc) is 2.60. The zero-order valence-electron chi connectivity index (χ0n) is 14.7. The van der Waals surface area contributed by atoms with E-state index in [2.05, 4.69) is 4.72 Å². The van der Waals surface area contributed by atoms with Crippen LogP contribution in [0.25, 0.3) is 0 Å². The van der Waals surface area contributed by atoms with Crippen molar-refractivity contribution in [1.82, 2.24) is 9.62 Å². The van der Waals surface area contributed by atoms with E-state index in [1.54, 1.807) is 6.92 Å². The van der Waals surface area contributed by atoms with Crippen molar-refractivity contribution in [1.29, 1.82) is 0 Å². The molecule has 0 saturated carbocycles. The van der Waals surface area contributed by atoms with Crippen LogP contribution < -0.4 is 4.72 Å². The van der Waals surface area contributed by atoms with Crippen LogP contribution in [0.1, 0.15) is 43.5 Å². The first kappa shape index (κ1) is 20.7. The van der Waals surface area contributed by atoms with Gasteiger partial charge in [0, 0.05) is 24.7 Å². The summed E-state index contributed by atoms with van der Waals surface area (Å²) in [6, 6.07) is 5.04. The highest BCUT2D eigenvalue weighted by Crippen LogP contribution is 2.33. The maximum atomic E-state index is 12.9. The number of rotatable bonds is 5. The fourth-order valence-corrected chi connectivity index (χ4v) is 4.13. The molecule has 0 spiro atoms. The van der Waals surface area contributed by atoms with Gasteiger partial charge in [-0.2, -0.15) is 13.2 Å². The quantitative estimate of drug-likeness (QED) is 0.837. The summed E-state index contributed by atoms with van der Waals surface area (Å²) in [5.41, 5.74) is 0.176. The highest BCUT2D eigenvalue weighted by molar-refractivity contribution is 7.89. The molecule has 1 N–H and O–H groups in total. The van der Waals surface area contributed by atoms with Crippen LogP contribution in [0, 0.1) is 5.92 Å². The summed E-state index contributed by atoms with van der Waals surface area (Å²) in [5, 5.41) is 0. The van der Waals surface area contributed by atoms with Gasteiger partial charge in [0.15, 0.2) is 0 Å². The van der Waals surface area contributed by atoms with Crippen molar-refractivity contribution in [2.24, 2.45) is 5.92 Å². The van der Waals surface area contributed by atoms with Gasteiger partial charge in [-0.15, -0.1) is 0 Å². The smallest absolute Gasteiger partial charge is 0.338 e. The Labute approximate surface area is 151 Å². The minimum atomic E-state index is -4.32. The van der Waals surface area contributed by atoms with Crippen LogP contribution in [0.2, 0.25) is 0 Å². The van der Waals surface area contributed by atoms with Crippen molar-refractivity contribution in [2.45, 2.75) is 50.2 Å². The number of piperidine rings is 1. The molecule has 1 aliphatic rings. The number of sulfonamides is 1. The second kappa shape index (κ2) is 7.96. The maximum Gasteiger partial charge on any atom is 0.393 e. The number of nitrogens with one attached hydrogen (secondary N) is 1. The van der Waals surface area contributed by atoms with Crippen molar-refractivity contribution < 1.29 is 26.4 Å². The molecule has 1 aliphatic heterocycles. The molecule has 26 heavy (non-hydrogen) atoms. The Kier molecular flexibility index (Phi) is 6.33. The summed E-state index contributed by atoms with van der Waals surface area (Å²) in [6.07, 6.45) is -3.38. The molecule has 9 heteroatoms. The first-order valence-corrected chi connectivity index (χ1v) is 10.0. The molecule has 1 aromatic rings. The molecule has 2 rings (SSSR count). The van der Waals surface area contributed by atoms with Crippen LogP contribution in [0.15, 0.2) is 29.2 Å². The van der Waals surface area contributed by atoms with E-state index in [1.165, 1.54) is 29.2 Å². The molecule has 1 amide bonds. The van der Waals surface area contributed by atoms with Crippen LogP contribution in [0.4, 0.5) is 13.2 Å². The molecular formula is C17H23F3N2O3S. The molecule has 2 atom stereocenters. The topological polar surface area (TPSA) is 66.5 Å². The Hall–Kier alpha value is -1.61. The van der Waals surface area contributed by atoms with E-state index in [1.807, 2.05) is 6.92 Å². The molecule has 0 bridgehead atoms. The molecule has 146 valence electrons. The van der Waals surface area contributed by atoms with Gasteiger partial charge in [-0.1, -0.05) is 6.92 Å². The average molecular weight is 392 g/mol. The number of carbonyl (C=O) groups is 1. The summed E-state index contributed by atoms with van der Waals surface area (Å²) in [5.74, 6) is -2.03. The Balaban J connectivity index is 2.11. The predicted molar refractivity (Wildman–Crippen MR) is 91.2 cm³/mol. The molecule has 0 aromatic heterocycles. The maximum absolute atomic E-state index is 12.9. The third-order valence-electron chi connectivity index (χ3n) is 4.55. The van der Waals surface area contributed by atoms with Crippen molar-refractivity contribution in [3.05, 3.63) is 29.8 Å². The van der Waals surface area contributed by atoms with Gasteiger partial charge in [-0.3, -0.25) is 4.79 Å². The first-order chi connectivity index (χ1) is 12.0. The van der Waals surface area contributed by atoms with Gasteiger partial charge in [-0.25, -0.2) is 13.1 Å². The molecule has 0 unspecified atom stereocenters. The van der Waals surface area contributed by atoms with E-state index in [-0.39, 0.29) is 36.0 Å². The highest BCUT2D eigenvalue weighted by atomic mass is 32.2. The van der Waals surface area contributed by atoms with Gasteiger partial charge in [-0.05, 0) is 50.5 Å². The van der Waals surface area contributed by atoms with E-state index < -0.39 is 28.0 Å². The summed E-state index contributed by atoms with van der Waals surface area (Å²) in [7, 11) is -3.69. The van der Waals surface area contributed by atoms with E-state index in [0.717, 1.165) is 0 Å². The second-order valence-corrected chi connectivity index (χ2v) is 8.30. The van der Waals surface area contributed by atoms with Crippen molar-refractivity contribution in [3.63, 3.8) is 0 Å². The second-order valence-electron chi connectivity index (χ2n) is 6.59. The number of hydrogen-bond donors (Lipinski definition) is 1. The van der Waals surface area contributed by atoms with Crippen molar-refractivity contribution >= 4 is 15.9 Å². The lowest BCUT2D eigenvalue weighted by atomic mass is 9.97. The van der Waals surface area contributed by atoms with Crippen molar-refractivity contribution in [3.8, 4) is 0 Å². The molecule has 0 radical (unpaired) electrons. The van der Waals surface area contributed by atoms with Crippen LogP contribution in [-0.2, 0) is 10.0 Å². The minimum Gasteiger partial charge on any atom is -0.338 e. The molecule has 5 nitrogen and oxygen atoms in total. The van der Waals surface area contributed by atoms with Gasteiger partial charge in [0.25, 0.3) is 5.91 Å². The summed E-state index contributed by atoms with van der Waals surface area (Å²) in [6.45, 7) is 3.49. The third kappa shape index (κ3) is 4.97. The number of likely N-dealkylation sites (tertiary alicyclic amines) is 1. The number of nitrogens with zero attached hydrogens (tertiary/aromatic N) is 1. The zero-order chi connectivity index (χ0) is 19.5. The van der Waals surface area contributed by atoms with Crippen LogP contribution >= 0.6 is 0 Å². The molecule has 1 aromatic carbocycles. The Morgan fingerprint density at radius 3 is 2.46 bits per heavy atom. The third-order valence-corrected chi connectivity index (χ3v) is 6.16. The van der Waals surface area contributed by atoms with Crippen molar-refractivity contribution in [2.75, 3.05) is 13.1 Å². The molecule has 1 saturated heterocycles. The fraction of sp³-hybridized carbons (Fsp3) is 0.588. The molecular weight excluding hydrogens is 369 g/mol. The number of amides is 1. The van der Waals surface area contributed by atoms with Gasteiger partial charge in [0.2, 0.25) is 10.0 Å². The molecule has 0 aliphatic carbocycles. The van der Waals surface area contributed by atoms with Gasteiger partial charge >= 0.3 is 6.18 Å². The Morgan fingerprint density at radius 1 is 1.31 bits per heavy atom. The number of benzene rings is 1. The monoisotopic (exact) mass is 392 g/mol. The number of alkyl halides is 3. The van der Waals surface area contributed by atoms with Crippen LogP contribution in [-0.4, -0.2) is 44.5 Å². The van der Waals surface area contributed by atoms with Gasteiger partial charge in [0.1, 0.15) is 0 Å². The SMILES string of the molecule is CC[C@H](C)NS(=O)(=O)c1ccc(C(=O)N2CCC[C@@H](C(F)(F)F)C2)cc1. The van der Waals surface area contributed by atoms with E-state index in [9.17, 15) is 26.4 Å². The first-order valence-electron chi connectivity index (χ1n) is 8.53. The zero-order valence-corrected chi connectivity index (χ0v) is 15.5. The summed E-state index contributed by atoms with van der Waals surface area (Å²) in [4.78, 5) is 13.6. The van der Waals surface area contributed by atoms with E-state index in [0.29, 0.717) is 12.8 Å². The fourth-order valence-electron chi connectivity index (χ4n) is 2.80. The number of carbonyl (C=O) groups excluding carboxylic acids is 1. The number of hydrogen-bond acceptors (Lipinski definition) is 3. The Bertz CT molecular complexity index is 733.